The van der Waals surface area contributed by atoms with E-state index in [1.807, 2.05) is 80.4 Å². The Morgan fingerprint density at radius 1 is 1.24 bits per heavy atom. The summed E-state index contributed by atoms with van der Waals surface area (Å²) >= 11 is 0. The van der Waals surface area contributed by atoms with Crippen molar-refractivity contribution in [1.29, 1.82) is 5.26 Å². The fourth-order valence-corrected chi connectivity index (χ4v) is 4.44. The third-order valence-electron chi connectivity index (χ3n) is 6.69. The number of nitriles is 1. The standard InChI is InChI=1S/C27H27N5O2/c1-26(2,17-28)27(14-8-11-20(16-27)30-24(33)19-9-6-5-7-10-19)32(4)21-12-13-23-22(15-21)25(34)31(3)18-29-23/h5-15,18H,16H2,1-4H3,(H,30,33). The number of nitrogens with one attached hydrogen (secondary N) is 1. The molecule has 0 saturated heterocycles. The van der Waals surface area contributed by atoms with Crippen LogP contribution in [0.1, 0.15) is 30.6 Å². The van der Waals surface area contributed by atoms with Gasteiger partial charge in [0.15, 0.2) is 0 Å². The molecule has 1 amide bonds. The van der Waals surface area contributed by atoms with Gasteiger partial charge in [0.05, 0.1) is 34.3 Å². The first-order chi connectivity index (χ1) is 16.2. The van der Waals surface area contributed by atoms with Gasteiger partial charge in [0.2, 0.25) is 0 Å². The zero-order valence-electron chi connectivity index (χ0n) is 19.7. The molecule has 0 bridgehead atoms. The molecule has 1 aliphatic rings. The van der Waals surface area contributed by atoms with E-state index in [4.69, 9.17) is 0 Å². The summed E-state index contributed by atoms with van der Waals surface area (Å²) < 4.78 is 1.45. The molecule has 34 heavy (non-hydrogen) atoms. The highest BCUT2D eigenvalue weighted by molar-refractivity contribution is 5.95. The lowest BCUT2D eigenvalue weighted by Crippen LogP contribution is -2.57. The van der Waals surface area contributed by atoms with E-state index in [0.717, 1.165) is 5.69 Å². The smallest absolute Gasteiger partial charge is 0.260 e. The number of amides is 1. The summed E-state index contributed by atoms with van der Waals surface area (Å²) in [5.41, 5.74) is 0.925. The fourth-order valence-electron chi connectivity index (χ4n) is 4.44. The van der Waals surface area contributed by atoms with Crippen molar-refractivity contribution in [3.05, 3.63) is 94.7 Å². The first-order valence-electron chi connectivity index (χ1n) is 11.0. The number of allylic oxidation sites excluding steroid dienone is 2. The Kier molecular flexibility index (Phi) is 5.84. The Labute approximate surface area is 198 Å². The van der Waals surface area contributed by atoms with Crippen molar-refractivity contribution in [3.63, 3.8) is 0 Å². The van der Waals surface area contributed by atoms with E-state index < -0.39 is 11.0 Å². The maximum absolute atomic E-state index is 12.8. The van der Waals surface area contributed by atoms with Gasteiger partial charge in [0.25, 0.3) is 11.5 Å². The van der Waals surface area contributed by atoms with E-state index in [1.165, 1.54) is 10.9 Å². The quantitative estimate of drug-likeness (QED) is 0.632. The van der Waals surface area contributed by atoms with Crippen molar-refractivity contribution in [2.75, 3.05) is 11.9 Å². The highest BCUT2D eigenvalue weighted by Gasteiger charge is 2.48. The lowest BCUT2D eigenvalue weighted by molar-refractivity contribution is 0.0961. The average Bonchev–Trinajstić information content (AvgIpc) is 2.86. The Morgan fingerprint density at radius 3 is 2.68 bits per heavy atom. The summed E-state index contributed by atoms with van der Waals surface area (Å²) in [4.78, 5) is 31.8. The van der Waals surface area contributed by atoms with Crippen LogP contribution in [-0.4, -0.2) is 28.0 Å². The van der Waals surface area contributed by atoms with Gasteiger partial charge >= 0.3 is 0 Å². The van der Waals surface area contributed by atoms with Crippen LogP contribution in [0.4, 0.5) is 5.69 Å². The first kappa shape index (κ1) is 23.0. The van der Waals surface area contributed by atoms with Crippen LogP contribution < -0.4 is 15.8 Å². The number of fused-ring (bicyclic) bond motifs is 1. The third-order valence-corrected chi connectivity index (χ3v) is 6.69. The number of likely N-dealkylation sites (N-methyl/N-ethyl adjacent to an activating group) is 1. The highest BCUT2D eigenvalue weighted by Crippen LogP contribution is 2.44. The van der Waals surface area contributed by atoms with Gasteiger partial charge in [-0.05, 0) is 50.3 Å². The number of anilines is 1. The number of aryl methyl sites for hydroxylation is 1. The molecule has 4 rings (SSSR count). The molecule has 0 spiro atoms. The molecule has 7 heteroatoms. The van der Waals surface area contributed by atoms with Crippen molar-refractivity contribution < 1.29 is 4.79 Å². The third kappa shape index (κ3) is 3.88. The normalized spacial score (nSPS) is 17.7. The summed E-state index contributed by atoms with van der Waals surface area (Å²) in [6.07, 6.45) is 7.65. The number of hydrogen-bond donors (Lipinski definition) is 1. The van der Waals surface area contributed by atoms with Gasteiger partial charge in [0.1, 0.15) is 0 Å². The van der Waals surface area contributed by atoms with Crippen molar-refractivity contribution >= 4 is 22.5 Å². The number of nitrogens with zero attached hydrogens (tertiary/aromatic N) is 4. The van der Waals surface area contributed by atoms with E-state index in [9.17, 15) is 14.9 Å². The number of benzene rings is 2. The van der Waals surface area contributed by atoms with E-state index in [0.29, 0.717) is 28.6 Å². The van der Waals surface area contributed by atoms with Crippen molar-refractivity contribution in [1.82, 2.24) is 14.9 Å². The first-order valence-corrected chi connectivity index (χ1v) is 11.0. The van der Waals surface area contributed by atoms with E-state index in [1.54, 1.807) is 19.2 Å². The van der Waals surface area contributed by atoms with E-state index in [-0.39, 0.29) is 11.5 Å². The van der Waals surface area contributed by atoms with Crippen molar-refractivity contribution in [3.8, 4) is 6.07 Å². The molecule has 1 atom stereocenters. The molecule has 7 nitrogen and oxygen atoms in total. The van der Waals surface area contributed by atoms with Crippen molar-refractivity contribution in [2.24, 2.45) is 12.5 Å². The molecule has 2 aromatic carbocycles. The lowest BCUT2D eigenvalue weighted by Gasteiger charge is -2.50. The van der Waals surface area contributed by atoms with Gasteiger partial charge in [-0.3, -0.25) is 9.59 Å². The van der Waals surface area contributed by atoms with E-state index >= 15 is 0 Å². The molecular weight excluding hydrogens is 426 g/mol. The predicted octanol–water partition coefficient (Wildman–Crippen LogP) is 3.93. The summed E-state index contributed by atoms with van der Waals surface area (Å²) in [7, 11) is 3.58. The van der Waals surface area contributed by atoms with Crippen LogP contribution in [0.5, 0.6) is 0 Å². The Morgan fingerprint density at radius 2 is 1.97 bits per heavy atom. The topological polar surface area (TPSA) is 91.0 Å². The van der Waals surface area contributed by atoms with Crippen LogP contribution in [0.15, 0.2) is 83.6 Å². The molecule has 0 fully saturated rings. The largest absolute Gasteiger partial charge is 0.363 e. The summed E-state index contributed by atoms with van der Waals surface area (Å²) in [5, 5.41) is 13.6. The van der Waals surface area contributed by atoms with Gasteiger partial charge in [-0.15, -0.1) is 0 Å². The van der Waals surface area contributed by atoms with Gasteiger partial charge in [-0.2, -0.15) is 5.26 Å². The van der Waals surface area contributed by atoms with Gasteiger partial charge in [-0.25, -0.2) is 4.98 Å². The Balaban J connectivity index is 1.73. The number of aromatic nitrogens is 2. The SMILES string of the molecule is CN(c1ccc2ncn(C)c(=O)c2c1)C1(C(C)(C)C#N)C=CC=C(NC(=O)c2ccccc2)C1. The molecule has 0 radical (unpaired) electrons. The minimum Gasteiger partial charge on any atom is -0.363 e. The maximum atomic E-state index is 12.8. The molecule has 1 aromatic heterocycles. The summed E-state index contributed by atoms with van der Waals surface area (Å²) in [5.74, 6) is -0.200. The molecule has 0 aliphatic heterocycles. The number of hydrogen-bond acceptors (Lipinski definition) is 5. The molecular formula is C27H27N5O2. The minimum absolute atomic E-state index is 0.135. The zero-order chi connectivity index (χ0) is 24.5. The monoisotopic (exact) mass is 453 g/mol. The summed E-state index contributed by atoms with van der Waals surface area (Å²) in [6, 6.07) is 17.0. The Bertz CT molecular complexity index is 1410. The molecule has 1 unspecified atom stereocenters. The summed E-state index contributed by atoms with van der Waals surface area (Å²) in [6.45, 7) is 3.77. The van der Waals surface area contributed by atoms with Crippen LogP contribution in [0.25, 0.3) is 10.9 Å². The van der Waals surface area contributed by atoms with Gasteiger partial charge < -0.3 is 14.8 Å². The van der Waals surface area contributed by atoms with Crippen LogP contribution in [0.2, 0.25) is 0 Å². The number of rotatable bonds is 5. The lowest BCUT2D eigenvalue weighted by atomic mass is 9.67. The molecule has 1 aliphatic carbocycles. The highest BCUT2D eigenvalue weighted by atomic mass is 16.1. The maximum Gasteiger partial charge on any atom is 0.260 e. The molecule has 3 aromatic rings. The fraction of sp³-hybridized carbons (Fsp3) is 0.259. The Hall–Kier alpha value is -4.18. The number of carbonyl (C=O) groups excluding carboxylic acids is 1. The second kappa shape index (κ2) is 8.64. The second-order valence-electron chi connectivity index (χ2n) is 9.13. The van der Waals surface area contributed by atoms with Crippen LogP contribution >= 0.6 is 0 Å². The van der Waals surface area contributed by atoms with Crippen LogP contribution in [0, 0.1) is 16.7 Å². The van der Waals surface area contributed by atoms with Crippen molar-refractivity contribution in [2.45, 2.75) is 25.8 Å². The zero-order valence-corrected chi connectivity index (χ0v) is 19.7. The molecule has 172 valence electrons. The van der Waals surface area contributed by atoms with E-state index in [2.05, 4.69) is 16.4 Å². The minimum atomic E-state index is -0.829. The van der Waals surface area contributed by atoms with Crippen LogP contribution in [0.3, 0.4) is 0 Å². The van der Waals surface area contributed by atoms with Crippen LogP contribution in [-0.2, 0) is 7.05 Å². The molecule has 1 heterocycles. The van der Waals surface area contributed by atoms with Gasteiger partial charge in [-0.1, -0.05) is 30.4 Å². The second-order valence-corrected chi connectivity index (χ2v) is 9.13. The number of carbonyl (C=O) groups is 1. The average molecular weight is 454 g/mol. The molecule has 1 N–H and O–H groups in total. The van der Waals surface area contributed by atoms with Gasteiger partial charge in [0, 0.05) is 37.5 Å². The predicted molar refractivity (Wildman–Crippen MR) is 133 cm³/mol. The molecule has 0 saturated carbocycles.